The van der Waals surface area contributed by atoms with E-state index < -0.39 is 11.8 Å². The van der Waals surface area contributed by atoms with E-state index in [0.717, 1.165) is 5.56 Å². The molecule has 0 unspecified atom stereocenters. The van der Waals surface area contributed by atoms with Gasteiger partial charge in [0.05, 0.1) is 13.2 Å². The third-order valence-electron chi connectivity index (χ3n) is 3.14. The Balaban J connectivity index is 1.94. The van der Waals surface area contributed by atoms with E-state index in [9.17, 15) is 9.59 Å². The van der Waals surface area contributed by atoms with Crippen LogP contribution in [0.5, 0.6) is 11.5 Å². The van der Waals surface area contributed by atoms with E-state index in [1.54, 1.807) is 36.5 Å². The van der Waals surface area contributed by atoms with Crippen LogP contribution in [-0.4, -0.2) is 30.0 Å². The van der Waals surface area contributed by atoms with Crippen LogP contribution >= 0.6 is 0 Å². The number of amides is 2. The zero-order valence-electron chi connectivity index (χ0n) is 14.2. The molecular weight excluding hydrogens is 322 g/mol. The molecule has 132 valence electrons. The number of carbonyl (C=O) groups is 2. The Labute approximate surface area is 146 Å². The number of aromatic amines is 1. The first-order valence-corrected chi connectivity index (χ1v) is 7.95. The van der Waals surface area contributed by atoms with Gasteiger partial charge in [-0.1, -0.05) is 6.07 Å². The average Bonchev–Trinajstić information content (AvgIpc) is 3.15. The molecule has 0 spiro atoms. The molecule has 0 aliphatic carbocycles. The minimum Gasteiger partial charge on any atom is -0.490 e. The van der Waals surface area contributed by atoms with Crippen molar-refractivity contribution in [3.8, 4) is 11.5 Å². The Hall–Kier alpha value is -3.22. The van der Waals surface area contributed by atoms with Crippen LogP contribution in [0.15, 0.2) is 42.6 Å². The summed E-state index contributed by atoms with van der Waals surface area (Å²) in [5.74, 6) is 0.398. The molecule has 7 heteroatoms. The molecule has 1 heterocycles. The predicted octanol–water partition coefficient (Wildman–Crippen LogP) is 2.29. The summed E-state index contributed by atoms with van der Waals surface area (Å²) in [4.78, 5) is 26.2. The number of hydrogen-bond donors (Lipinski definition) is 3. The molecule has 25 heavy (non-hydrogen) atoms. The topological polar surface area (TPSA) is 92.5 Å². The second-order valence-electron chi connectivity index (χ2n) is 4.93. The van der Waals surface area contributed by atoms with Gasteiger partial charge in [0, 0.05) is 12.3 Å². The molecule has 3 N–H and O–H groups in total. The highest BCUT2D eigenvalue weighted by atomic mass is 16.5. The normalized spacial score (nSPS) is 10.5. The van der Waals surface area contributed by atoms with Gasteiger partial charge in [-0.15, -0.1) is 0 Å². The SMILES string of the molecule is CCOc1ccc(/C=C/C(=O)NNC(=O)c2ccc[nH]2)cc1OCC. The lowest BCUT2D eigenvalue weighted by Crippen LogP contribution is -2.40. The van der Waals surface area contributed by atoms with Crippen LogP contribution in [0.4, 0.5) is 0 Å². The lowest BCUT2D eigenvalue weighted by molar-refractivity contribution is -0.117. The average molecular weight is 343 g/mol. The monoisotopic (exact) mass is 343 g/mol. The van der Waals surface area contributed by atoms with E-state index in [1.165, 1.54) is 6.08 Å². The Morgan fingerprint density at radius 3 is 2.52 bits per heavy atom. The summed E-state index contributed by atoms with van der Waals surface area (Å²) in [5.41, 5.74) is 5.76. The van der Waals surface area contributed by atoms with E-state index in [0.29, 0.717) is 30.4 Å². The molecular formula is C18H21N3O4. The minimum atomic E-state index is -0.452. The van der Waals surface area contributed by atoms with Gasteiger partial charge in [0.1, 0.15) is 5.69 Å². The summed E-state index contributed by atoms with van der Waals surface area (Å²) < 4.78 is 11.0. The first-order valence-electron chi connectivity index (χ1n) is 7.95. The minimum absolute atomic E-state index is 0.358. The molecule has 0 aliphatic heterocycles. The second-order valence-corrected chi connectivity index (χ2v) is 4.93. The third kappa shape index (κ3) is 5.42. The molecule has 0 saturated heterocycles. The third-order valence-corrected chi connectivity index (χ3v) is 3.14. The molecule has 7 nitrogen and oxygen atoms in total. The molecule has 0 aliphatic rings. The van der Waals surface area contributed by atoms with Crippen LogP contribution in [-0.2, 0) is 4.79 Å². The van der Waals surface area contributed by atoms with Crippen molar-refractivity contribution in [1.29, 1.82) is 0 Å². The van der Waals surface area contributed by atoms with Crippen LogP contribution in [0.2, 0.25) is 0 Å². The number of hydrogen-bond acceptors (Lipinski definition) is 4. The van der Waals surface area contributed by atoms with Crippen molar-refractivity contribution in [2.24, 2.45) is 0 Å². The van der Waals surface area contributed by atoms with Crippen LogP contribution in [0.3, 0.4) is 0 Å². The van der Waals surface area contributed by atoms with Gasteiger partial charge in [-0.2, -0.15) is 0 Å². The van der Waals surface area contributed by atoms with E-state index in [4.69, 9.17) is 9.47 Å². The summed E-state index contributed by atoms with van der Waals surface area (Å²) in [5, 5.41) is 0. The Morgan fingerprint density at radius 1 is 1.08 bits per heavy atom. The standard InChI is InChI=1S/C18H21N3O4/c1-3-24-15-9-7-13(12-16(15)25-4-2)8-10-17(22)20-21-18(23)14-6-5-11-19-14/h5-12,19H,3-4H2,1-2H3,(H,20,22)(H,21,23)/b10-8+. The first-order chi connectivity index (χ1) is 12.1. The first kappa shape index (κ1) is 18.1. The van der Waals surface area contributed by atoms with Gasteiger partial charge in [-0.25, -0.2) is 0 Å². The van der Waals surface area contributed by atoms with E-state index in [1.807, 2.05) is 19.9 Å². The number of H-pyrrole nitrogens is 1. The lowest BCUT2D eigenvalue weighted by Gasteiger charge is -2.11. The zero-order chi connectivity index (χ0) is 18.1. The molecule has 0 atom stereocenters. The molecule has 0 radical (unpaired) electrons. The maximum atomic E-state index is 11.8. The van der Waals surface area contributed by atoms with Gasteiger partial charge in [0.25, 0.3) is 11.8 Å². The summed E-state index contributed by atoms with van der Waals surface area (Å²) in [6, 6.07) is 8.69. The molecule has 2 amide bonds. The molecule has 0 saturated carbocycles. The number of nitrogens with one attached hydrogen (secondary N) is 3. The lowest BCUT2D eigenvalue weighted by atomic mass is 10.2. The highest BCUT2D eigenvalue weighted by molar-refractivity contribution is 5.96. The Morgan fingerprint density at radius 2 is 1.84 bits per heavy atom. The number of benzene rings is 1. The number of carbonyl (C=O) groups excluding carboxylic acids is 2. The van der Waals surface area contributed by atoms with Gasteiger partial charge in [0.2, 0.25) is 0 Å². The molecule has 1 aromatic carbocycles. The van der Waals surface area contributed by atoms with Crippen molar-refractivity contribution in [3.05, 3.63) is 53.9 Å². The largest absolute Gasteiger partial charge is 0.490 e. The quantitative estimate of drug-likeness (QED) is 0.531. The van der Waals surface area contributed by atoms with Crippen LogP contribution in [0, 0.1) is 0 Å². The number of aromatic nitrogens is 1. The molecule has 0 bridgehead atoms. The van der Waals surface area contributed by atoms with E-state index in [2.05, 4.69) is 15.8 Å². The molecule has 2 rings (SSSR count). The van der Waals surface area contributed by atoms with Gasteiger partial charge in [-0.05, 0) is 49.8 Å². The summed E-state index contributed by atoms with van der Waals surface area (Å²) >= 11 is 0. The van der Waals surface area contributed by atoms with Crippen LogP contribution < -0.4 is 20.3 Å². The Bertz CT molecular complexity index is 739. The fourth-order valence-electron chi connectivity index (χ4n) is 2.04. The summed E-state index contributed by atoms with van der Waals surface area (Å²) in [6.07, 6.45) is 4.56. The van der Waals surface area contributed by atoms with Crippen LogP contribution in [0.25, 0.3) is 6.08 Å². The van der Waals surface area contributed by atoms with Crippen molar-refractivity contribution in [3.63, 3.8) is 0 Å². The van der Waals surface area contributed by atoms with Gasteiger partial charge >= 0.3 is 0 Å². The van der Waals surface area contributed by atoms with E-state index >= 15 is 0 Å². The number of ether oxygens (including phenoxy) is 2. The summed E-state index contributed by atoms with van der Waals surface area (Å²) in [6.45, 7) is 4.84. The fourth-order valence-corrected chi connectivity index (χ4v) is 2.04. The zero-order valence-corrected chi connectivity index (χ0v) is 14.2. The number of hydrazine groups is 1. The van der Waals surface area contributed by atoms with Crippen molar-refractivity contribution in [1.82, 2.24) is 15.8 Å². The fraction of sp³-hybridized carbons (Fsp3) is 0.222. The second kappa shape index (κ2) is 9.17. The molecule has 2 aromatic rings. The van der Waals surface area contributed by atoms with E-state index in [-0.39, 0.29) is 0 Å². The highest BCUT2D eigenvalue weighted by Gasteiger charge is 2.07. The number of rotatable bonds is 7. The van der Waals surface area contributed by atoms with Crippen LogP contribution in [0.1, 0.15) is 29.9 Å². The smallest absolute Gasteiger partial charge is 0.286 e. The van der Waals surface area contributed by atoms with Gasteiger partial charge < -0.3 is 14.5 Å². The van der Waals surface area contributed by atoms with Crippen molar-refractivity contribution in [2.75, 3.05) is 13.2 Å². The molecule has 0 fully saturated rings. The van der Waals surface area contributed by atoms with Gasteiger partial charge in [-0.3, -0.25) is 20.4 Å². The van der Waals surface area contributed by atoms with Crippen molar-refractivity contribution >= 4 is 17.9 Å². The highest BCUT2D eigenvalue weighted by Crippen LogP contribution is 2.28. The summed E-state index contributed by atoms with van der Waals surface area (Å²) in [7, 11) is 0. The molecule has 1 aromatic heterocycles. The maximum Gasteiger partial charge on any atom is 0.286 e. The van der Waals surface area contributed by atoms with Gasteiger partial charge in [0.15, 0.2) is 11.5 Å². The van der Waals surface area contributed by atoms with Crippen molar-refractivity contribution in [2.45, 2.75) is 13.8 Å². The Kier molecular flexibility index (Phi) is 6.65. The maximum absolute atomic E-state index is 11.8. The predicted molar refractivity (Wildman–Crippen MR) is 94.2 cm³/mol. The van der Waals surface area contributed by atoms with Crippen molar-refractivity contribution < 1.29 is 19.1 Å².